The van der Waals surface area contributed by atoms with Gasteiger partial charge in [0.2, 0.25) is 0 Å². The molecule has 0 saturated heterocycles. The van der Waals surface area contributed by atoms with Crippen LogP contribution in [0.3, 0.4) is 0 Å². The molecule has 0 fully saturated rings. The van der Waals surface area contributed by atoms with Gasteiger partial charge < -0.3 is 15.3 Å². The highest BCUT2D eigenvalue weighted by molar-refractivity contribution is 9.09. The molecule has 0 saturated carbocycles. The Morgan fingerprint density at radius 3 is 2.24 bits per heavy atom. The Hall–Kier alpha value is -0.790. The van der Waals surface area contributed by atoms with Crippen molar-refractivity contribution in [2.45, 2.75) is 18.4 Å². The van der Waals surface area contributed by atoms with Crippen molar-refractivity contribution in [3.63, 3.8) is 0 Å². The van der Waals surface area contributed by atoms with E-state index in [0.717, 1.165) is 12.1 Å². The molecule has 96 valence electrons. The average molecular weight is 315 g/mol. The van der Waals surface area contributed by atoms with Crippen LogP contribution in [0.2, 0.25) is 0 Å². The first kappa shape index (κ1) is 14.3. The molecule has 2 unspecified atom stereocenters. The molecule has 0 aromatic heterocycles. The molecule has 0 aliphatic heterocycles. The van der Waals surface area contributed by atoms with Gasteiger partial charge in [-0.15, -0.1) is 0 Å². The van der Waals surface area contributed by atoms with Crippen molar-refractivity contribution >= 4 is 15.9 Å². The van der Waals surface area contributed by atoms with Crippen molar-refractivity contribution < 1.29 is 28.5 Å². The van der Waals surface area contributed by atoms with Crippen LogP contribution in [-0.4, -0.2) is 26.8 Å². The zero-order valence-electron chi connectivity index (χ0n) is 8.45. The highest BCUT2D eigenvalue weighted by Crippen LogP contribution is 2.35. The van der Waals surface area contributed by atoms with Crippen LogP contribution in [0.5, 0.6) is 5.75 Å². The van der Waals surface area contributed by atoms with Crippen molar-refractivity contribution in [3.8, 4) is 5.75 Å². The van der Waals surface area contributed by atoms with Crippen LogP contribution in [0.15, 0.2) is 18.2 Å². The first-order valence-corrected chi connectivity index (χ1v) is 5.71. The maximum atomic E-state index is 12.3. The fourth-order valence-corrected chi connectivity index (χ4v) is 1.62. The van der Waals surface area contributed by atoms with E-state index in [9.17, 15) is 28.5 Å². The highest BCUT2D eigenvalue weighted by Gasteiger charge is 2.32. The molecule has 17 heavy (non-hydrogen) atoms. The van der Waals surface area contributed by atoms with Gasteiger partial charge in [-0.1, -0.05) is 22.0 Å². The molecule has 0 aliphatic carbocycles. The van der Waals surface area contributed by atoms with Gasteiger partial charge in [0.1, 0.15) is 11.9 Å². The Labute approximate surface area is 104 Å². The average Bonchev–Trinajstić information content (AvgIpc) is 2.25. The van der Waals surface area contributed by atoms with Crippen molar-refractivity contribution in [1.29, 1.82) is 0 Å². The smallest absolute Gasteiger partial charge is 0.416 e. The molecule has 1 rings (SSSR count). The molecule has 0 spiro atoms. The maximum Gasteiger partial charge on any atom is 0.416 e. The first-order valence-electron chi connectivity index (χ1n) is 4.59. The molecule has 0 bridgehead atoms. The minimum atomic E-state index is -4.56. The van der Waals surface area contributed by atoms with Crippen LogP contribution in [0, 0.1) is 0 Å². The zero-order valence-corrected chi connectivity index (χ0v) is 10.0. The van der Waals surface area contributed by atoms with Gasteiger partial charge in [0.25, 0.3) is 0 Å². The minimum Gasteiger partial charge on any atom is -0.508 e. The predicted molar refractivity (Wildman–Crippen MR) is 57.9 cm³/mol. The summed E-state index contributed by atoms with van der Waals surface area (Å²) in [4.78, 5) is 0. The molecule has 2 atom stereocenters. The third-order valence-electron chi connectivity index (χ3n) is 2.20. The van der Waals surface area contributed by atoms with E-state index in [1.807, 2.05) is 0 Å². The summed E-state index contributed by atoms with van der Waals surface area (Å²) in [6.45, 7) is 0. The number of phenolic OH excluding ortho intramolecular Hbond substituents is 1. The molecule has 0 heterocycles. The Kier molecular flexibility index (Phi) is 4.40. The Morgan fingerprint density at radius 2 is 1.82 bits per heavy atom. The van der Waals surface area contributed by atoms with Gasteiger partial charge in [-0.2, -0.15) is 13.2 Å². The lowest BCUT2D eigenvalue weighted by molar-refractivity contribution is -0.137. The van der Waals surface area contributed by atoms with Crippen molar-refractivity contribution in [2.75, 3.05) is 5.33 Å². The van der Waals surface area contributed by atoms with Crippen molar-refractivity contribution in [1.82, 2.24) is 0 Å². The van der Waals surface area contributed by atoms with Gasteiger partial charge in [0, 0.05) is 10.9 Å². The second kappa shape index (κ2) is 5.24. The number of hydrogen-bond donors (Lipinski definition) is 3. The zero-order chi connectivity index (χ0) is 13.2. The molecule has 0 radical (unpaired) electrons. The summed E-state index contributed by atoms with van der Waals surface area (Å²) in [7, 11) is 0. The van der Waals surface area contributed by atoms with E-state index in [1.165, 1.54) is 0 Å². The maximum absolute atomic E-state index is 12.3. The fourth-order valence-electron chi connectivity index (χ4n) is 1.26. The van der Waals surface area contributed by atoms with E-state index in [0.29, 0.717) is 6.07 Å². The lowest BCUT2D eigenvalue weighted by atomic mass is 10.0. The quantitative estimate of drug-likeness (QED) is 0.750. The number of aromatic hydroxyl groups is 1. The number of alkyl halides is 4. The number of aliphatic hydroxyl groups is 2. The number of hydrogen-bond acceptors (Lipinski definition) is 3. The molecular formula is C10H10BrF3O3. The van der Waals surface area contributed by atoms with Gasteiger partial charge in [-0.3, -0.25) is 0 Å². The van der Waals surface area contributed by atoms with Crippen molar-refractivity contribution in [3.05, 3.63) is 29.3 Å². The monoisotopic (exact) mass is 314 g/mol. The van der Waals surface area contributed by atoms with E-state index < -0.39 is 29.7 Å². The van der Waals surface area contributed by atoms with Gasteiger partial charge >= 0.3 is 6.18 Å². The summed E-state index contributed by atoms with van der Waals surface area (Å²) in [5.41, 5.74) is -1.16. The Morgan fingerprint density at radius 1 is 1.24 bits per heavy atom. The van der Waals surface area contributed by atoms with Crippen LogP contribution < -0.4 is 0 Å². The number of aliphatic hydroxyl groups excluding tert-OH is 2. The van der Waals surface area contributed by atoms with Gasteiger partial charge in [-0.25, -0.2) is 0 Å². The largest absolute Gasteiger partial charge is 0.508 e. The number of phenols is 1. The second-order valence-corrected chi connectivity index (χ2v) is 4.09. The molecule has 7 heteroatoms. The summed E-state index contributed by atoms with van der Waals surface area (Å²) in [6.07, 6.45) is -7.22. The van der Waals surface area contributed by atoms with E-state index in [4.69, 9.17) is 0 Å². The number of rotatable bonds is 3. The van der Waals surface area contributed by atoms with Gasteiger partial charge in [0.05, 0.1) is 11.7 Å². The summed E-state index contributed by atoms with van der Waals surface area (Å²) in [5, 5.41) is 28.3. The summed E-state index contributed by atoms with van der Waals surface area (Å²) in [6, 6.07) is 2.19. The number of benzene rings is 1. The fraction of sp³-hybridized carbons (Fsp3) is 0.400. The molecule has 0 aliphatic rings. The molecular weight excluding hydrogens is 305 g/mol. The van der Waals surface area contributed by atoms with E-state index in [-0.39, 0.29) is 10.9 Å². The normalized spacial score (nSPS) is 15.6. The topological polar surface area (TPSA) is 60.7 Å². The van der Waals surface area contributed by atoms with Crippen LogP contribution in [0.4, 0.5) is 13.2 Å². The highest BCUT2D eigenvalue weighted by atomic mass is 79.9. The number of halogens is 4. The van der Waals surface area contributed by atoms with Gasteiger partial charge in [-0.05, 0) is 12.1 Å². The molecule has 0 amide bonds. The Bertz CT molecular complexity index is 395. The molecule has 1 aromatic rings. The predicted octanol–water partition coefficient (Wildman–Crippen LogP) is 2.20. The van der Waals surface area contributed by atoms with Crippen molar-refractivity contribution in [2.24, 2.45) is 0 Å². The van der Waals surface area contributed by atoms with Crippen LogP contribution in [-0.2, 0) is 6.18 Å². The standard InChI is InChI=1S/C10H10BrF3O3/c11-4-8(16)9(17)6-2-1-5(3-7(6)15)10(12,13)14/h1-3,8-9,15-17H,4H2. The van der Waals surface area contributed by atoms with E-state index in [1.54, 1.807) is 0 Å². The SMILES string of the molecule is Oc1cc(C(F)(F)F)ccc1C(O)C(O)CBr. The third kappa shape index (κ3) is 3.34. The Balaban J connectivity index is 3.06. The third-order valence-corrected chi connectivity index (χ3v) is 2.86. The second-order valence-electron chi connectivity index (χ2n) is 3.44. The molecule has 3 nitrogen and oxygen atoms in total. The summed E-state index contributed by atoms with van der Waals surface area (Å²) < 4.78 is 36.9. The lowest BCUT2D eigenvalue weighted by Crippen LogP contribution is -2.19. The first-order chi connectivity index (χ1) is 7.77. The summed E-state index contributed by atoms with van der Waals surface area (Å²) >= 11 is 2.91. The van der Waals surface area contributed by atoms with Gasteiger partial charge in [0.15, 0.2) is 0 Å². The lowest BCUT2D eigenvalue weighted by Gasteiger charge is -2.18. The van der Waals surface area contributed by atoms with E-state index >= 15 is 0 Å². The molecule has 3 N–H and O–H groups in total. The van der Waals surface area contributed by atoms with Crippen LogP contribution >= 0.6 is 15.9 Å². The minimum absolute atomic E-state index is 0.0363. The van der Waals surface area contributed by atoms with Crippen LogP contribution in [0.1, 0.15) is 17.2 Å². The van der Waals surface area contributed by atoms with E-state index in [2.05, 4.69) is 15.9 Å². The van der Waals surface area contributed by atoms with Crippen LogP contribution in [0.25, 0.3) is 0 Å². The molecule has 1 aromatic carbocycles. The summed E-state index contributed by atoms with van der Waals surface area (Å²) in [5.74, 6) is -0.702.